The summed E-state index contributed by atoms with van der Waals surface area (Å²) in [6.07, 6.45) is 2.80. The lowest BCUT2D eigenvalue weighted by Crippen LogP contribution is -2.61. The maximum atomic E-state index is 16.5. The molecule has 2 aliphatic rings. The molecule has 4 aromatic rings. The highest BCUT2D eigenvalue weighted by atomic mass is 19.2. The minimum absolute atomic E-state index is 0.0259. The third-order valence-corrected chi connectivity index (χ3v) is 8.07. The van der Waals surface area contributed by atoms with Crippen LogP contribution in [0.2, 0.25) is 0 Å². The third kappa shape index (κ3) is 4.37. The van der Waals surface area contributed by atoms with Crippen LogP contribution in [0, 0.1) is 24.4 Å². The number of hydrogen-bond acceptors (Lipinski definition) is 8. The fourth-order valence-corrected chi connectivity index (χ4v) is 6.11. The fraction of sp³-hybridized carbons (Fsp3) is 0.323. The number of amides is 1. The van der Waals surface area contributed by atoms with Crippen molar-refractivity contribution >= 4 is 22.8 Å². The Morgan fingerprint density at radius 2 is 1.91 bits per heavy atom. The molecule has 2 atom stereocenters. The van der Waals surface area contributed by atoms with Gasteiger partial charge in [-0.05, 0) is 49.6 Å². The van der Waals surface area contributed by atoms with Gasteiger partial charge >= 0.3 is 5.69 Å². The van der Waals surface area contributed by atoms with Gasteiger partial charge in [0.05, 0.1) is 23.0 Å². The molecule has 1 N–H and O–H groups in total. The van der Waals surface area contributed by atoms with Crippen molar-refractivity contribution in [2.24, 2.45) is 0 Å². The first-order chi connectivity index (χ1) is 20.9. The molecule has 0 saturated carbocycles. The third-order valence-electron chi connectivity index (χ3n) is 8.07. The molecule has 0 radical (unpaired) electrons. The summed E-state index contributed by atoms with van der Waals surface area (Å²) in [5, 5.41) is 10.6. The van der Waals surface area contributed by atoms with Crippen LogP contribution in [0.4, 0.5) is 19.0 Å². The summed E-state index contributed by atoms with van der Waals surface area (Å²) in [5.74, 6) is -5.58. The highest BCUT2D eigenvalue weighted by Crippen LogP contribution is 2.44. The first-order valence-corrected chi connectivity index (χ1v) is 14.1. The molecule has 0 bridgehead atoms. The van der Waals surface area contributed by atoms with E-state index in [0.29, 0.717) is 23.0 Å². The highest BCUT2D eigenvalue weighted by molar-refractivity contribution is 5.97. The summed E-state index contributed by atoms with van der Waals surface area (Å²) < 4.78 is 53.3. The van der Waals surface area contributed by atoms with Crippen LogP contribution in [0.3, 0.4) is 0 Å². The number of carbonyl (C=O) groups is 1. The number of phenolic OH excluding ortho intramolecular Hbond substituents is 1. The molecule has 1 saturated heterocycles. The first-order valence-electron chi connectivity index (χ1n) is 14.1. The molecule has 6 rings (SSSR count). The topological polar surface area (TPSA) is 114 Å². The van der Waals surface area contributed by atoms with E-state index in [1.807, 2.05) is 20.8 Å². The van der Waals surface area contributed by atoms with E-state index in [2.05, 4.69) is 21.5 Å². The molecular weight excluding hydrogens is 577 g/mol. The molecule has 0 aliphatic carbocycles. The summed E-state index contributed by atoms with van der Waals surface area (Å²) in [7, 11) is 0. The van der Waals surface area contributed by atoms with E-state index in [-0.39, 0.29) is 48.4 Å². The van der Waals surface area contributed by atoms with Gasteiger partial charge in [-0.2, -0.15) is 4.98 Å². The molecule has 1 fully saturated rings. The lowest BCUT2D eigenvalue weighted by molar-refractivity contribution is -0.127. The Hall–Kier alpha value is -4.94. The second-order valence-corrected chi connectivity index (χ2v) is 11.3. The number of anilines is 1. The molecule has 1 amide bonds. The monoisotopic (exact) mass is 606 g/mol. The molecular formula is C31H29F3N6O4. The highest BCUT2D eigenvalue weighted by Gasteiger charge is 2.41. The number of aromatic hydroxyl groups is 1. The second kappa shape index (κ2) is 10.6. The number of aryl methyl sites for hydroxylation is 1. The molecule has 5 heterocycles. The Morgan fingerprint density at radius 3 is 2.61 bits per heavy atom. The smallest absolute Gasteiger partial charge is 0.355 e. The zero-order valence-electron chi connectivity index (χ0n) is 24.4. The van der Waals surface area contributed by atoms with Crippen molar-refractivity contribution in [2.75, 3.05) is 24.6 Å². The second-order valence-electron chi connectivity index (χ2n) is 11.3. The van der Waals surface area contributed by atoms with Gasteiger partial charge in [-0.15, -0.1) is 0 Å². The summed E-state index contributed by atoms with van der Waals surface area (Å²) in [4.78, 5) is 43.3. The minimum Gasteiger partial charge on any atom is -0.507 e. The number of ether oxygens (including phenoxy) is 1. The quantitative estimate of drug-likeness (QED) is 0.341. The van der Waals surface area contributed by atoms with Crippen molar-refractivity contribution in [2.45, 2.75) is 45.7 Å². The number of halogens is 3. The number of pyridine rings is 2. The number of phenols is 1. The zero-order valence-corrected chi connectivity index (χ0v) is 24.4. The number of rotatable bonds is 4. The Bertz CT molecular complexity index is 1930. The average Bonchev–Trinajstić information content (AvgIpc) is 3.15. The molecule has 0 spiro atoms. The van der Waals surface area contributed by atoms with Crippen LogP contribution >= 0.6 is 0 Å². The normalized spacial score (nSPS) is 17.8. The van der Waals surface area contributed by atoms with Crippen LogP contribution < -0.4 is 15.3 Å². The van der Waals surface area contributed by atoms with E-state index in [1.54, 1.807) is 29.0 Å². The average molecular weight is 607 g/mol. The van der Waals surface area contributed by atoms with E-state index >= 15 is 8.78 Å². The summed E-state index contributed by atoms with van der Waals surface area (Å²) in [6, 6.07) is 2.34. The number of benzene rings is 1. The largest absolute Gasteiger partial charge is 0.507 e. The molecule has 3 aromatic heterocycles. The van der Waals surface area contributed by atoms with Crippen LogP contribution in [-0.2, 0) is 4.79 Å². The Morgan fingerprint density at radius 1 is 1.16 bits per heavy atom. The fourth-order valence-electron chi connectivity index (χ4n) is 6.11. The van der Waals surface area contributed by atoms with Crippen molar-refractivity contribution in [3.05, 3.63) is 76.2 Å². The molecule has 2 aliphatic heterocycles. The number of hydrogen-bond donors (Lipinski definition) is 1. The minimum atomic E-state index is -1.52. The zero-order chi connectivity index (χ0) is 31.6. The van der Waals surface area contributed by atoms with E-state index in [4.69, 9.17) is 4.74 Å². The Labute approximate surface area is 250 Å². The van der Waals surface area contributed by atoms with Crippen molar-refractivity contribution in [3.8, 4) is 28.4 Å². The van der Waals surface area contributed by atoms with Gasteiger partial charge in [-0.25, -0.2) is 27.5 Å². The van der Waals surface area contributed by atoms with Gasteiger partial charge in [-0.3, -0.25) is 9.78 Å². The number of aromatic nitrogens is 4. The van der Waals surface area contributed by atoms with E-state index in [1.165, 1.54) is 10.6 Å². The first kappa shape index (κ1) is 29.1. The van der Waals surface area contributed by atoms with Gasteiger partial charge in [0.25, 0.3) is 0 Å². The van der Waals surface area contributed by atoms with E-state index in [9.17, 15) is 19.1 Å². The van der Waals surface area contributed by atoms with Crippen LogP contribution in [0.15, 0.2) is 41.8 Å². The number of carbonyl (C=O) groups excluding carboxylic acids is 1. The van der Waals surface area contributed by atoms with Crippen molar-refractivity contribution < 1.29 is 27.8 Å². The molecule has 1 aromatic carbocycles. The van der Waals surface area contributed by atoms with Gasteiger partial charge < -0.3 is 19.6 Å². The predicted molar refractivity (Wildman–Crippen MR) is 157 cm³/mol. The molecule has 13 heteroatoms. The Kier molecular flexibility index (Phi) is 7.05. The lowest BCUT2D eigenvalue weighted by atomic mass is 10.0. The molecule has 228 valence electrons. The molecule has 2 unspecified atom stereocenters. The van der Waals surface area contributed by atoms with Crippen molar-refractivity contribution in [3.63, 3.8) is 0 Å². The van der Waals surface area contributed by atoms with Gasteiger partial charge in [0, 0.05) is 25.3 Å². The SMILES string of the molecule is C=CC(=O)N1CC(C)N2c3nc(=O)n(-c4c(C)ccnc4C(C)C)c4nc(-c5c(O)ccc(F)c5F)c(F)c(c34)OCC2C1. The lowest BCUT2D eigenvalue weighted by Gasteiger charge is -2.45. The number of nitrogens with zero attached hydrogens (tertiary/aromatic N) is 6. The summed E-state index contributed by atoms with van der Waals surface area (Å²) >= 11 is 0. The van der Waals surface area contributed by atoms with Crippen molar-refractivity contribution in [1.29, 1.82) is 0 Å². The number of fused-ring (bicyclic) bond motifs is 2. The van der Waals surface area contributed by atoms with Crippen molar-refractivity contribution in [1.82, 2.24) is 24.4 Å². The molecule has 10 nitrogen and oxygen atoms in total. The van der Waals surface area contributed by atoms with Crippen LogP contribution in [-0.4, -0.2) is 67.2 Å². The maximum absolute atomic E-state index is 16.5. The summed E-state index contributed by atoms with van der Waals surface area (Å²) in [6.45, 7) is 11.2. The molecule has 44 heavy (non-hydrogen) atoms. The van der Waals surface area contributed by atoms with Crippen LogP contribution in [0.25, 0.3) is 28.0 Å². The van der Waals surface area contributed by atoms with Gasteiger partial charge in [-0.1, -0.05) is 20.4 Å². The van der Waals surface area contributed by atoms with Gasteiger partial charge in [0.1, 0.15) is 29.3 Å². The van der Waals surface area contributed by atoms with Gasteiger partial charge in [0.15, 0.2) is 28.8 Å². The van der Waals surface area contributed by atoms with E-state index < -0.39 is 58.0 Å². The van der Waals surface area contributed by atoms with Crippen LogP contribution in [0.5, 0.6) is 11.5 Å². The standard InChI is InChI=1S/C31H29F3N6O4/c1-6-20(42)38-11-16(5)39-17(12-38)13-44-28-22-29(36-26(24(28)34)21-19(41)8-7-18(32)23(21)33)40(31(43)37-30(22)39)27-15(4)9-10-35-25(27)14(2)3/h6-10,14,16-17,41H,1,11-13H2,2-5H3. The van der Waals surface area contributed by atoms with E-state index in [0.717, 1.165) is 6.07 Å². The van der Waals surface area contributed by atoms with Crippen LogP contribution in [0.1, 0.15) is 37.9 Å². The maximum Gasteiger partial charge on any atom is 0.355 e. The predicted octanol–water partition coefficient (Wildman–Crippen LogP) is 4.38. The summed E-state index contributed by atoms with van der Waals surface area (Å²) in [5.41, 5.74) is -0.998. The van der Waals surface area contributed by atoms with Gasteiger partial charge in [0.2, 0.25) is 5.91 Å². The Balaban J connectivity index is 1.74. The number of piperazine rings is 1.